The van der Waals surface area contributed by atoms with E-state index < -0.39 is 0 Å². The van der Waals surface area contributed by atoms with E-state index in [-0.39, 0.29) is 17.6 Å². The molecular weight excluding hydrogens is 302 g/mol. The fraction of sp³-hybridized carbons (Fsp3) is 0.526. The van der Waals surface area contributed by atoms with Gasteiger partial charge >= 0.3 is 0 Å². The standard InChI is InChI=1S/C19H29N3O2/c1-14(21-12-17(23)19(2,3)4)15-6-8-16(9-7-15)24-13-18-20-10-11-22(18)5/h6-11,14,17,21,23H,12-13H2,1-5H3. The molecule has 2 atom stereocenters. The van der Waals surface area contributed by atoms with Crippen LogP contribution in [0.5, 0.6) is 5.75 Å². The second-order valence-corrected chi connectivity index (χ2v) is 7.32. The lowest BCUT2D eigenvalue weighted by molar-refractivity contribution is 0.0609. The van der Waals surface area contributed by atoms with Gasteiger partial charge in [-0.2, -0.15) is 0 Å². The van der Waals surface area contributed by atoms with Crippen LogP contribution in [0.25, 0.3) is 0 Å². The predicted octanol–water partition coefficient (Wildman–Crippen LogP) is 3.06. The first-order chi connectivity index (χ1) is 11.3. The summed E-state index contributed by atoms with van der Waals surface area (Å²) >= 11 is 0. The molecule has 2 aromatic rings. The Morgan fingerprint density at radius 3 is 2.46 bits per heavy atom. The molecule has 0 radical (unpaired) electrons. The molecule has 2 rings (SSSR count). The zero-order chi connectivity index (χ0) is 17.7. The van der Waals surface area contributed by atoms with Gasteiger partial charge in [-0.05, 0) is 30.0 Å². The molecule has 0 saturated carbocycles. The lowest BCUT2D eigenvalue weighted by Gasteiger charge is -2.27. The van der Waals surface area contributed by atoms with Crippen LogP contribution in [-0.4, -0.2) is 27.3 Å². The summed E-state index contributed by atoms with van der Waals surface area (Å²) in [5.41, 5.74) is 1.05. The Bertz CT molecular complexity index is 629. The number of aliphatic hydroxyl groups is 1. The first kappa shape index (κ1) is 18.5. The summed E-state index contributed by atoms with van der Waals surface area (Å²) in [6.07, 6.45) is 3.29. The van der Waals surface area contributed by atoms with Gasteiger partial charge in [0.25, 0.3) is 0 Å². The van der Waals surface area contributed by atoms with E-state index in [1.54, 1.807) is 6.20 Å². The van der Waals surface area contributed by atoms with Crippen LogP contribution in [0.4, 0.5) is 0 Å². The quantitative estimate of drug-likeness (QED) is 0.819. The Morgan fingerprint density at radius 2 is 1.92 bits per heavy atom. The highest BCUT2D eigenvalue weighted by Gasteiger charge is 2.22. The molecule has 24 heavy (non-hydrogen) atoms. The van der Waals surface area contributed by atoms with Crippen LogP contribution in [0.2, 0.25) is 0 Å². The molecule has 0 bridgehead atoms. The lowest BCUT2D eigenvalue weighted by atomic mass is 9.89. The zero-order valence-corrected chi connectivity index (χ0v) is 15.3. The van der Waals surface area contributed by atoms with Crippen LogP contribution in [0.15, 0.2) is 36.7 Å². The molecule has 0 aliphatic rings. The van der Waals surface area contributed by atoms with Gasteiger partial charge in [-0.15, -0.1) is 0 Å². The number of hydrogen-bond donors (Lipinski definition) is 2. The summed E-state index contributed by atoms with van der Waals surface area (Å²) in [4.78, 5) is 4.24. The number of hydrogen-bond acceptors (Lipinski definition) is 4. The van der Waals surface area contributed by atoms with E-state index in [1.165, 1.54) is 5.56 Å². The van der Waals surface area contributed by atoms with E-state index in [1.807, 2.05) is 50.7 Å². The minimum atomic E-state index is -0.375. The largest absolute Gasteiger partial charge is 0.486 e. The smallest absolute Gasteiger partial charge is 0.146 e. The van der Waals surface area contributed by atoms with Gasteiger partial charge in [0.2, 0.25) is 0 Å². The molecule has 0 saturated heterocycles. The average Bonchev–Trinajstić information content (AvgIpc) is 2.95. The SMILES string of the molecule is CC(NCC(O)C(C)(C)C)c1ccc(OCc2nccn2C)cc1. The molecule has 0 spiro atoms. The summed E-state index contributed by atoms with van der Waals surface area (Å²) < 4.78 is 7.71. The summed E-state index contributed by atoms with van der Waals surface area (Å²) in [5, 5.41) is 13.5. The third kappa shape index (κ3) is 5.08. The number of ether oxygens (including phenoxy) is 1. The Morgan fingerprint density at radius 1 is 1.25 bits per heavy atom. The molecular formula is C19H29N3O2. The van der Waals surface area contributed by atoms with Crippen molar-refractivity contribution < 1.29 is 9.84 Å². The molecule has 1 heterocycles. The van der Waals surface area contributed by atoms with E-state index in [4.69, 9.17) is 4.74 Å². The number of rotatable bonds is 7. The van der Waals surface area contributed by atoms with Crippen molar-refractivity contribution in [3.8, 4) is 5.75 Å². The van der Waals surface area contributed by atoms with Crippen LogP contribution in [0.1, 0.15) is 45.1 Å². The summed E-state index contributed by atoms with van der Waals surface area (Å²) in [6, 6.07) is 8.21. The molecule has 1 aromatic carbocycles. The Hall–Kier alpha value is -1.85. The third-order valence-electron chi connectivity index (χ3n) is 4.29. The van der Waals surface area contributed by atoms with Crippen LogP contribution in [-0.2, 0) is 13.7 Å². The topological polar surface area (TPSA) is 59.3 Å². The third-order valence-corrected chi connectivity index (χ3v) is 4.29. The fourth-order valence-electron chi connectivity index (χ4n) is 2.25. The van der Waals surface area contributed by atoms with Crippen LogP contribution >= 0.6 is 0 Å². The molecule has 0 amide bonds. The van der Waals surface area contributed by atoms with Crippen molar-refractivity contribution in [2.24, 2.45) is 12.5 Å². The predicted molar refractivity (Wildman–Crippen MR) is 95.9 cm³/mol. The van der Waals surface area contributed by atoms with Gasteiger partial charge in [-0.1, -0.05) is 32.9 Å². The Labute approximate surface area is 144 Å². The zero-order valence-electron chi connectivity index (χ0n) is 15.3. The minimum Gasteiger partial charge on any atom is -0.486 e. The molecule has 0 aliphatic carbocycles. The molecule has 132 valence electrons. The van der Waals surface area contributed by atoms with Crippen molar-refractivity contribution in [2.45, 2.75) is 46.4 Å². The minimum absolute atomic E-state index is 0.116. The second kappa shape index (κ2) is 7.81. The highest BCUT2D eigenvalue weighted by atomic mass is 16.5. The molecule has 5 heteroatoms. The Kier molecular flexibility index (Phi) is 6.02. The maximum Gasteiger partial charge on any atom is 0.146 e. The Balaban J connectivity index is 1.85. The maximum atomic E-state index is 10.1. The van der Waals surface area contributed by atoms with Gasteiger partial charge < -0.3 is 19.7 Å². The number of nitrogens with zero attached hydrogens (tertiary/aromatic N) is 2. The van der Waals surface area contributed by atoms with Gasteiger partial charge in [-0.25, -0.2) is 4.98 Å². The fourth-order valence-corrected chi connectivity index (χ4v) is 2.25. The summed E-state index contributed by atoms with van der Waals surface area (Å²) in [5.74, 6) is 1.72. The van der Waals surface area contributed by atoms with Gasteiger partial charge in [-0.3, -0.25) is 0 Å². The van der Waals surface area contributed by atoms with Crippen molar-refractivity contribution in [2.75, 3.05) is 6.54 Å². The lowest BCUT2D eigenvalue weighted by Crippen LogP contribution is -2.37. The number of aryl methyl sites for hydroxylation is 1. The van der Waals surface area contributed by atoms with Crippen molar-refractivity contribution in [3.63, 3.8) is 0 Å². The van der Waals surface area contributed by atoms with Crippen LogP contribution < -0.4 is 10.1 Å². The highest BCUT2D eigenvalue weighted by molar-refractivity contribution is 5.29. The number of benzene rings is 1. The normalized spacial score (nSPS) is 14.4. The van der Waals surface area contributed by atoms with Crippen LogP contribution in [0, 0.1) is 5.41 Å². The average molecular weight is 331 g/mol. The van der Waals surface area contributed by atoms with Gasteiger partial charge in [0.05, 0.1) is 6.10 Å². The van der Waals surface area contributed by atoms with E-state index in [0.717, 1.165) is 11.6 Å². The second-order valence-electron chi connectivity index (χ2n) is 7.32. The monoisotopic (exact) mass is 331 g/mol. The summed E-state index contributed by atoms with van der Waals surface area (Å²) in [7, 11) is 1.95. The van der Waals surface area contributed by atoms with Gasteiger partial charge in [0.15, 0.2) is 0 Å². The molecule has 2 unspecified atom stereocenters. The molecule has 2 N–H and O–H groups in total. The van der Waals surface area contributed by atoms with E-state index >= 15 is 0 Å². The highest BCUT2D eigenvalue weighted by Crippen LogP contribution is 2.21. The van der Waals surface area contributed by atoms with E-state index in [2.05, 4.69) is 29.4 Å². The molecule has 0 fully saturated rings. The van der Waals surface area contributed by atoms with Crippen molar-refractivity contribution in [1.29, 1.82) is 0 Å². The van der Waals surface area contributed by atoms with Gasteiger partial charge in [0, 0.05) is 32.0 Å². The summed E-state index contributed by atoms with van der Waals surface area (Å²) in [6.45, 7) is 9.24. The van der Waals surface area contributed by atoms with Crippen molar-refractivity contribution in [1.82, 2.24) is 14.9 Å². The molecule has 0 aliphatic heterocycles. The number of aromatic nitrogens is 2. The van der Waals surface area contributed by atoms with Crippen molar-refractivity contribution in [3.05, 3.63) is 48.0 Å². The maximum absolute atomic E-state index is 10.1. The number of aliphatic hydroxyl groups excluding tert-OH is 1. The van der Waals surface area contributed by atoms with Crippen LogP contribution in [0.3, 0.4) is 0 Å². The number of imidazole rings is 1. The van der Waals surface area contributed by atoms with Crippen molar-refractivity contribution >= 4 is 0 Å². The number of nitrogens with one attached hydrogen (secondary N) is 1. The van der Waals surface area contributed by atoms with E-state index in [0.29, 0.717) is 13.2 Å². The first-order valence-electron chi connectivity index (χ1n) is 8.38. The molecule has 5 nitrogen and oxygen atoms in total. The van der Waals surface area contributed by atoms with E-state index in [9.17, 15) is 5.11 Å². The molecule has 1 aromatic heterocycles. The van der Waals surface area contributed by atoms with Gasteiger partial charge in [0.1, 0.15) is 18.2 Å². The first-order valence-corrected chi connectivity index (χ1v) is 8.38.